The van der Waals surface area contributed by atoms with Gasteiger partial charge in [-0.1, -0.05) is 78.1 Å². The van der Waals surface area contributed by atoms with Crippen LogP contribution >= 0.6 is 11.3 Å². The Kier molecular flexibility index (Phi) is 7.95. The van der Waals surface area contributed by atoms with E-state index in [9.17, 15) is 14.4 Å². The molecule has 0 amide bonds. The van der Waals surface area contributed by atoms with Crippen LogP contribution in [-0.2, 0) is 9.53 Å². The van der Waals surface area contributed by atoms with E-state index in [1.54, 1.807) is 55.0 Å². The summed E-state index contributed by atoms with van der Waals surface area (Å²) in [6.45, 7) is 3.43. The second-order valence-electron chi connectivity index (χ2n) is 10.0. The molecule has 0 saturated carbocycles. The second kappa shape index (κ2) is 12.1. The molecule has 220 valence electrons. The predicted octanol–water partition coefficient (Wildman–Crippen LogP) is 5.41. The van der Waals surface area contributed by atoms with E-state index >= 15 is 0 Å². The summed E-state index contributed by atoms with van der Waals surface area (Å²) >= 11 is 1.22. The zero-order chi connectivity index (χ0) is 30.8. The highest BCUT2D eigenvalue weighted by Gasteiger charge is 2.35. The number of furan rings is 1. The number of rotatable bonds is 8. The lowest BCUT2D eigenvalue weighted by molar-refractivity contribution is -0.138. The van der Waals surface area contributed by atoms with Gasteiger partial charge in [-0.2, -0.15) is 0 Å². The third kappa shape index (κ3) is 5.45. The summed E-state index contributed by atoms with van der Waals surface area (Å²) < 4.78 is 18.9. The van der Waals surface area contributed by atoms with Crippen LogP contribution in [0, 0.1) is 0 Å². The van der Waals surface area contributed by atoms with Crippen LogP contribution in [0.2, 0.25) is 0 Å². The molecule has 9 heteroatoms. The lowest BCUT2D eigenvalue weighted by Gasteiger charge is -2.26. The van der Waals surface area contributed by atoms with Gasteiger partial charge >= 0.3 is 5.97 Å². The number of Topliss-reactive ketones (excluding diaryl/α,β-unsaturated/α-hetero) is 1. The van der Waals surface area contributed by atoms with E-state index in [4.69, 9.17) is 18.9 Å². The van der Waals surface area contributed by atoms with E-state index in [1.165, 1.54) is 18.3 Å². The van der Waals surface area contributed by atoms with E-state index in [0.717, 1.165) is 11.1 Å². The monoisotopic (exact) mass is 604 g/mol. The minimum atomic E-state index is -0.791. The summed E-state index contributed by atoms with van der Waals surface area (Å²) in [5.74, 6) is 1.18. The lowest BCUT2D eigenvalue weighted by Crippen LogP contribution is -2.40. The van der Waals surface area contributed by atoms with Crippen LogP contribution in [0.5, 0.6) is 5.75 Å². The number of thiazole rings is 1. The fourth-order valence-electron chi connectivity index (χ4n) is 5.13. The van der Waals surface area contributed by atoms with Gasteiger partial charge in [0.05, 0.1) is 35.6 Å². The number of hydrogen-bond acceptors (Lipinski definition) is 8. The van der Waals surface area contributed by atoms with Crippen molar-refractivity contribution in [1.82, 2.24) is 4.57 Å². The highest BCUT2D eigenvalue weighted by molar-refractivity contribution is 7.07. The SMILES string of the molecule is CCOC(=O)C1=C(c2ccccc2)N=c2s/c(=C\c3ccc(-c4ccc(C(C)=O)cc4)o3)c(=O)n2[C@H]1c1ccc(OC)cc1. The first-order chi connectivity index (χ1) is 21.4. The number of ketones is 1. The minimum Gasteiger partial charge on any atom is -0.497 e. The van der Waals surface area contributed by atoms with Crippen LogP contribution in [0.4, 0.5) is 0 Å². The molecule has 0 bridgehead atoms. The summed E-state index contributed by atoms with van der Waals surface area (Å²) in [5.41, 5.74) is 3.28. The molecule has 5 aromatic rings. The molecule has 8 nitrogen and oxygen atoms in total. The van der Waals surface area contributed by atoms with E-state index in [-0.39, 0.29) is 23.5 Å². The number of nitrogens with zero attached hydrogens (tertiary/aromatic N) is 2. The molecular formula is C35H28N2O6S. The van der Waals surface area contributed by atoms with Crippen molar-refractivity contribution in [3.05, 3.63) is 139 Å². The molecule has 3 aromatic carbocycles. The highest BCUT2D eigenvalue weighted by atomic mass is 32.1. The van der Waals surface area contributed by atoms with Gasteiger partial charge in [-0.3, -0.25) is 14.2 Å². The van der Waals surface area contributed by atoms with Gasteiger partial charge in [-0.25, -0.2) is 9.79 Å². The van der Waals surface area contributed by atoms with Gasteiger partial charge in [0.15, 0.2) is 10.6 Å². The number of hydrogen-bond donors (Lipinski definition) is 0. The average molecular weight is 605 g/mol. The van der Waals surface area contributed by atoms with Crippen molar-refractivity contribution in [2.75, 3.05) is 13.7 Å². The van der Waals surface area contributed by atoms with Gasteiger partial charge in [0.2, 0.25) is 0 Å². The molecule has 0 unspecified atom stereocenters. The Morgan fingerprint density at radius 2 is 1.68 bits per heavy atom. The van der Waals surface area contributed by atoms with Crippen molar-refractivity contribution in [3.63, 3.8) is 0 Å². The highest BCUT2D eigenvalue weighted by Crippen LogP contribution is 2.35. The molecule has 0 aliphatic carbocycles. The average Bonchev–Trinajstić information content (AvgIpc) is 3.65. The van der Waals surface area contributed by atoms with Crippen molar-refractivity contribution in [1.29, 1.82) is 0 Å². The maximum Gasteiger partial charge on any atom is 0.338 e. The van der Waals surface area contributed by atoms with E-state index in [0.29, 0.717) is 43.4 Å². The van der Waals surface area contributed by atoms with Gasteiger partial charge in [-0.15, -0.1) is 0 Å². The minimum absolute atomic E-state index is 0.0125. The Morgan fingerprint density at radius 1 is 0.955 bits per heavy atom. The molecule has 0 fully saturated rings. The smallest absolute Gasteiger partial charge is 0.338 e. The third-order valence-electron chi connectivity index (χ3n) is 7.28. The summed E-state index contributed by atoms with van der Waals surface area (Å²) in [7, 11) is 1.58. The Hall–Kier alpha value is -5.28. The Labute approximate surface area is 256 Å². The van der Waals surface area contributed by atoms with Crippen LogP contribution in [0.25, 0.3) is 23.1 Å². The molecule has 0 saturated heterocycles. The van der Waals surface area contributed by atoms with E-state index in [2.05, 4.69) is 0 Å². The molecule has 3 heterocycles. The van der Waals surface area contributed by atoms with Gasteiger partial charge < -0.3 is 13.9 Å². The summed E-state index contributed by atoms with van der Waals surface area (Å²) in [5, 5.41) is 0. The molecule has 1 atom stereocenters. The number of carbonyl (C=O) groups is 2. The Morgan fingerprint density at radius 3 is 2.34 bits per heavy atom. The molecule has 0 spiro atoms. The molecule has 0 radical (unpaired) electrons. The molecule has 1 aliphatic rings. The quantitative estimate of drug-likeness (QED) is 0.174. The topological polar surface area (TPSA) is 100 Å². The predicted molar refractivity (Wildman–Crippen MR) is 168 cm³/mol. The largest absolute Gasteiger partial charge is 0.497 e. The van der Waals surface area contributed by atoms with E-state index < -0.39 is 12.0 Å². The molecule has 6 rings (SSSR count). The molecule has 1 aliphatic heterocycles. The van der Waals surface area contributed by atoms with Crippen molar-refractivity contribution in [2.24, 2.45) is 4.99 Å². The van der Waals surface area contributed by atoms with Crippen molar-refractivity contribution in [3.8, 4) is 17.1 Å². The van der Waals surface area contributed by atoms with Crippen LogP contribution in [-0.4, -0.2) is 30.0 Å². The Balaban J connectivity index is 1.52. The number of methoxy groups -OCH3 is 1. The molecule has 0 N–H and O–H groups in total. The summed E-state index contributed by atoms with van der Waals surface area (Å²) in [6.07, 6.45) is 1.68. The number of benzene rings is 3. The molecular weight excluding hydrogens is 576 g/mol. The van der Waals surface area contributed by atoms with Crippen molar-refractivity contribution >= 4 is 34.9 Å². The maximum absolute atomic E-state index is 14.1. The number of aromatic nitrogens is 1. The number of carbonyl (C=O) groups excluding carboxylic acids is 2. The second-order valence-corrected chi connectivity index (χ2v) is 11.0. The lowest BCUT2D eigenvalue weighted by atomic mass is 9.93. The first-order valence-electron chi connectivity index (χ1n) is 14.0. The normalized spacial score (nSPS) is 14.6. The van der Waals surface area contributed by atoms with Crippen LogP contribution < -0.4 is 19.6 Å². The number of ether oxygens (including phenoxy) is 2. The first-order valence-corrected chi connectivity index (χ1v) is 14.8. The molecule has 44 heavy (non-hydrogen) atoms. The molecule has 2 aromatic heterocycles. The summed E-state index contributed by atoms with van der Waals surface area (Å²) in [6, 6.07) is 26.6. The van der Waals surface area contributed by atoms with Gasteiger partial charge in [0, 0.05) is 22.8 Å². The Bertz CT molecular complexity index is 2070. The number of esters is 1. The van der Waals surface area contributed by atoms with Crippen LogP contribution in [0.1, 0.15) is 47.1 Å². The van der Waals surface area contributed by atoms with Gasteiger partial charge in [0.25, 0.3) is 5.56 Å². The third-order valence-corrected chi connectivity index (χ3v) is 8.26. The standard InChI is InChI=1S/C35H28N2O6S/c1-4-42-34(40)30-31(24-8-6-5-7-9-24)36-35-37(32(30)25-14-16-26(41-3)17-15-25)33(39)29(44-35)20-27-18-19-28(43-27)23-12-10-22(11-13-23)21(2)38/h5-20,32H,4H2,1-3H3/b29-20-/t32-/m0/s1. The van der Waals surface area contributed by atoms with E-state index in [1.807, 2.05) is 60.7 Å². The zero-order valence-corrected chi connectivity index (χ0v) is 25.1. The fourth-order valence-corrected chi connectivity index (χ4v) is 6.11. The van der Waals surface area contributed by atoms with Crippen LogP contribution in [0.3, 0.4) is 0 Å². The van der Waals surface area contributed by atoms with Crippen molar-refractivity contribution < 1.29 is 23.5 Å². The zero-order valence-electron chi connectivity index (χ0n) is 24.3. The fraction of sp³-hybridized carbons (Fsp3) is 0.143. The summed E-state index contributed by atoms with van der Waals surface area (Å²) in [4.78, 5) is 44.6. The van der Waals surface area contributed by atoms with Gasteiger partial charge in [0.1, 0.15) is 17.3 Å². The van der Waals surface area contributed by atoms with Crippen LogP contribution in [0.15, 0.2) is 111 Å². The number of fused-ring (bicyclic) bond motifs is 1. The first kappa shape index (κ1) is 28.8. The van der Waals surface area contributed by atoms with Gasteiger partial charge in [-0.05, 0) is 43.7 Å². The maximum atomic E-state index is 14.1. The van der Waals surface area contributed by atoms with Crippen molar-refractivity contribution in [2.45, 2.75) is 19.9 Å².